The van der Waals surface area contributed by atoms with Gasteiger partial charge in [0.15, 0.2) is 0 Å². The zero-order valence-corrected chi connectivity index (χ0v) is 14.0. The van der Waals surface area contributed by atoms with Crippen molar-refractivity contribution in [2.45, 2.75) is 12.5 Å². The molecule has 2 aromatic carbocycles. The average molecular weight is 408 g/mol. The minimum absolute atomic E-state index is 0.0428. The van der Waals surface area contributed by atoms with Crippen LogP contribution in [-0.2, 0) is 5.54 Å². The molecule has 0 aliphatic heterocycles. The minimum Gasteiger partial charge on any atom is -0.318 e. The zero-order valence-electron chi connectivity index (χ0n) is 10.1. The summed E-state index contributed by atoms with van der Waals surface area (Å²) in [6.45, 7) is 1.76. The first kappa shape index (κ1) is 15.0. The van der Waals surface area contributed by atoms with E-state index in [-0.39, 0.29) is 5.02 Å². The summed E-state index contributed by atoms with van der Waals surface area (Å²) in [5.41, 5.74) is 6.51. The third-order valence-electron chi connectivity index (χ3n) is 3.03. The van der Waals surface area contributed by atoms with E-state index in [4.69, 9.17) is 17.3 Å². The van der Waals surface area contributed by atoms with Gasteiger partial charge >= 0.3 is 0 Å². The van der Waals surface area contributed by atoms with E-state index in [1.165, 1.54) is 0 Å². The van der Waals surface area contributed by atoms with Crippen LogP contribution in [0.3, 0.4) is 0 Å². The number of hydrogen-bond acceptors (Lipinski definition) is 1. The second-order valence-corrected chi connectivity index (χ2v) is 6.49. The third kappa shape index (κ3) is 2.72. The summed E-state index contributed by atoms with van der Waals surface area (Å²) < 4.78 is 15.7. The van der Waals surface area contributed by atoms with Crippen LogP contribution in [0.2, 0.25) is 5.02 Å². The molecule has 0 saturated carbocycles. The van der Waals surface area contributed by atoms with Crippen LogP contribution in [0.15, 0.2) is 45.3 Å². The molecule has 100 valence electrons. The Labute approximate surface area is 133 Å². The molecule has 0 bridgehead atoms. The van der Waals surface area contributed by atoms with E-state index >= 15 is 0 Å². The molecule has 0 radical (unpaired) electrons. The normalized spacial score (nSPS) is 14.2. The van der Waals surface area contributed by atoms with E-state index in [0.29, 0.717) is 10.0 Å². The van der Waals surface area contributed by atoms with Crippen molar-refractivity contribution in [3.8, 4) is 0 Å². The van der Waals surface area contributed by atoms with Gasteiger partial charge in [0.2, 0.25) is 0 Å². The van der Waals surface area contributed by atoms with E-state index in [9.17, 15) is 4.39 Å². The summed E-state index contributed by atoms with van der Waals surface area (Å²) >= 11 is 12.6. The molecule has 2 N–H and O–H groups in total. The molecule has 0 heterocycles. The highest BCUT2D eigenvalue weighted by atomic mass is 79.9. The Morgan fingerprint density at radius 2 is 1.68 bits per heavy atom. The molecule has 0 saturated heterocycles. The Morgan fingerprint density at radius 3 is 2.32 bits per heavy atom. The van der Waals surface area contributed by atoms with Crippen LogP contribution in [-0.4, -0.2) is 0 Å². The number of halogens is 4. The van der Waals surface area contributed by atoms with Crippen LogP contribution in [0.4, 0.5) is 4.39 Å². The minimum atomic E-state index is -0.978. The van der Waals surface area contributed by atoms with Crippen LogP contribution >= 0.6 is 43.5 Å². The second-order valence-electron chi connectivity index (χ2n) is 4.41. The van der Waals surface area contributed by atoms with Gasteiger partial charge in [-0.1, -0.05) is 51.8 Å². The zero-order chi connectivity index (χ0) is 14.2. The van der Waals surface area contributed by atoms with Crippen molar-refractivity contribution in [2.75, 3.05) is 0 Å². The molecule has 5 heteroatoms. The van der Waals surface area contributed by atoms with Crippen LogP contribution < -0.4 is 5.73 Å². The fourth-order valence-electron chi connectivity index (χ4n) is 1.95. The Hall–Kier alpha value is -0.420. The highest BCUT2D eigenvalue weighted by molar-refractivity contribution is 9.10. The van der Waals surface area contributed by atoms with E-state index in [0.717, 1.165) is 10.0 Å². The van der Waals surface area contributed by atoms with E-state index in [2.05, 4.69) is 31.9 Å². The maximum absolute atomic E-state index is 14.3. The first-order valence-corrected chi connectivity index (χ1v) is 7.50. The fraction of sp³-hybridized carbons (Fsp3) is 0.143. The van der Waals surface area contributed by atoms with Gasteiger partial charge in [0.05, 0.1) is 10.6 Å². The summed E-state index contributed by atoms with van der Waals surface area (Å²) in [6.07, 6.45) is 0. The van der Waals surface area contributed by atoms with Gasteiger partial charge in [0.1, 0.15) is 5.82 Å². The van der Waals surface area contributed by atoms with E-state index in [1.54, 1.807) is 19.1 Å². The maximum Gasteiger partial charge on any atom is 0.148 e. The van der Waals surface area contributed by atoms with Gasteiger partial charge in [-0.3, -0.25) is 0 Å². The SMILES string of the molecule is CC(N)(c1ccccc1Br)c1ccc(Br)c(Cl)c1F. The van der Waals surface area contributed by atoms with Gasteiger partial charge in [-0.15, -0.1) is 0 Å². The fourth-order valence-corrected chi connectivity index (χ4v) is 3.12. The summed E-state index contributed by atoms with van der Waals surface area (Å²) in [4.78, 5) is 0. The Balaban J connectivity index is 2.64. The highest BCUT2D eigenvalue weighted by Gasteiger charge is 2.30. The van der Waals surface area contributed by atoms with Crippen molar-refractivity contribution in [2.24, 2.45) is 5.73 Å². The molecule has 0 fully saturated rings. The molecule has 1 atom stereocenters. The Kier molecular flexibility index (Phi) is 4.35. The van der Waals surface area contributed by atoms with Gasteiger partial charge in [0.25, 0.3) is 0 Å². The molecular weight excluding hydrogens is 396 g/mol. The molecule has 19 heavy (non-hydrogen) atoms. The van der Waals surface area contributed by atoms with E-state index < -0.39 is 11.4 Å². The number of benzene rings is 2. The molecule has 1 unspecified atom stereocenters. The van der Waals surface area contributed by atoms with Crippen molar-refractivity contribution in [3.63, 3.8) is 0 Å². The van der Waals surface area contributed by atoms with Crippen LogP contribution in [0.1, 0.15) is 18.1 Å². The molecule has 1 nitrogen and oxygen atoms in total. The van der Waals surface area contributed by atoms with Gasteiger partial charge in [0, 0.05) is 14.5 Å². The number of hydrogen-bond donors (Lipinski definition) is 1. The van der Waals surface area contributed by atoms with Crippen LogP contribution in [0.25, 0.3) is 0 Å². The largest absolute Gasteiger partial charge is 0.318 e. The summed E-state index contributed by atoms with van der Waals surface area (Å²) in [5.74, 6) is -0.503. The molecule has 0 aliphatic carbocycles. The van der Waals surface area contributed by atoms with E-state index in [1.807, 2.05) is 24.3 Å². The third-order valence-corrected chi connectivity index (χ3v) is 4.98. The molecule has 2 rings (SSSR count). The Bertz CT molecular complexity index is 629. The first-order chi connectivity index (χ1) is 8.85. The van der Waals surface area contributed by atoms with Gasteiger partial charge in [-0.05, 0) is 40.5 Å². The standard InChI is InChI=1S/C14H11Br2ClFN/c1-14(19,8-4-2-3-5-10(8)15)9-6-7-11(16)12(17)13(9)18/h2-7H,19H2,1H3. The topological polar surface area (TPSA) is 26.0 Å². The lowest BCUT2D eigenvalue weighted by molar-refractivity contribution is 0.529. The van der Waals surface area contributed by atoms with Gasteiger partial charge < -0.3 is 5.73 Å². The first-order valence-electron chi connectivity index (χ1n) is 5.53. The molecular formula is C14H11Br2ClFN. The lowest BCUT2D eigenvalue weighted by Crippen LogP contribution is -2.35. The van der Waals surface area contributed by atoms with Gasteiger partial charge in [-0.2, -0.15) is 0 Å². The number of nitrogens with two attached hydrogens (primary N) is 1. The predicted octanol–water partition coefficient (Wildman–Crippen LogP) is 5.23. The summed E-state index contributed by atoms with van der Waals surface area (Å²) in [5, 5.41) is 0.0428. The quantitative estimate of drug-likeness (QED) is 0.678. The van der Waals surface area contributed by atoms with Crippen molar-refractivity contribution < 1.29 is 4.39 Å². The van der Waals surface area contributed by atoms with Crippen LogP contribution in [0.5, 0.6) is 0 Å². The molecule has 0 amide bonds. The average Bonchev–Trinajstić information content (AvgIpc) is 2.36. The number of rotatable bonds is 2. The predicted molar refractivity (Wildman–Crippen MR) is 83.9 cm³/mol. The molecule has 0 aliphatic rings. The van der Waals surface area contributed by atoms with Crippen molar-refractivity contribution in [1.82, 2.24) is 0 Å². The smallest absolute Gasteiger partial charge is 0.148 e. The lowest BCUT2D eigenvalue weighted by Gasteiger charge is -2.28. The summed E-state index contributed by atoms with van der Waals surface area (Å²) in [7, 11) is 0. The monoisotopic (exact) mass is 405 g/mol. The van der Waals surface area contributed by atoms with Crippen molar-refractivity contribution in [1.29, 1.82) is 0 Å². The second kappa shape index (κ2) is 5.52. The van der Waals surface area contributed by atoms with Crippen molar-refractivity contribution >= 4 is 43.5 Å². The summed E-state index contributed by atoms with van der Waals surface area (Å²) in [6, 6.07) is 10.8. The maximum atomic E-state index is 14.3. The van der Waals surface area contributed by atoms with Crippen molar-refractivity contribution in [3.05, 3.63) is 67.3 Å². The Morgan fingerprint density at radius 1 is 1.05 bits per heavy atom. The molecule has 0 aromatic heterocycles. The van der Waals surface area contributed by atoms with Crippen LogP contribution in [0, 0.1) is 5.82 Å². The highest BCUT2D eigenvalue weighted by Crippen LogP contribution is 2.37. The lowest BCUT2D eigenvalue weighted by atomic mass is 9.85. The van der Waals surface area contributed by atoms with Gasteiger partial charge in [-0.25, -0.2) is 4.39 Å². The molecule has 0 spiro atoms. The molecule has 2 aromatic rings.